The van der Waals surface area contributed by atoms with Crippen molar-refractivity contribution in [2.24, 2.45) is 12.0 Å². The highest BCUT2D eigenvalue weighted by Gasteiger charge is 2.25. The van der Waals surface area contributed by atoms with Crippen molar-refractivity contribution in [2.75, 3.05) is 19.6 Å². The zero-order valence-corrected chi connectivity index (χ0v) is 18.4. The van der Waals surface area contributed by atoms with Crippen molar-refractivity contribution in [1.29, 1.82) is 0 Å². The van der Waals surface area contributed by atoms with Crippen molar-refractivity contribution in [3.05, 3.63) is 34.0 Å². The van der Waals surface area contributed by atoms with Gasteiger partial charge in [-0.1, -0.05) is 18.9 Å². The molecule has 0 radical (unpaired) electrons. The van der Waals surface area contributed by atoms with Gasteiger partial charge in [0.1, 0.15) is 12.4 Å². The van der Waals surface area contributed by atoms with Crippen LogP contribution in [0.1, 0.15) is 61.1 Å². The molecule has 1 unspecified atom stereocenters. The maximum absolute atomic E-state index is 4.87. The van der Waals surface area contributed by atoms with Crippen molar-refractivity contribution in [1.82, 2.24) is 30.3 Å². The molecule has 158 valence electrons. The predicted octanol–water partition coefficient (Wildman–Crippen LogP) is 3.00. The minimum Gasteiger partial charge on any atom is -0.354 e. The molecule has 7 nitrogen and oxygen atoms in total. The van der Waals surface area contributed by atoms with Gasteiger partial charge in [-0.15, -0.1) is 21.5 Å². The van der Waals surface area contributed by atoms with Gasteiger partial charge < -0.3 is 15.2 Å². The third-order valence-corrected chi connectivity index (χ3v) is 7.15. The lowest BCUT2D eigenvalue weighted by Gasteiger charge is -2.28. The smallest absolute Gasteiger partial charge is 0.191 e. The Morgan fingerprint density at radius 2 is 2.03 bits per heavy atom. The topological polar surface area (TPSA) is 70.4 Å². The Balaban J connectivity index is 1.45. The molecule has 1 aliphatic carbocycles. The summed E-state index contributed by atoms with van der Waals surface area (Å²) in [5, 5.41) is 17.9. The maximum Gasteiger partial charge on any atom is 0.191 e. The van der Waals surface area contributed by atoms with Crippen molar-refractivity contribution in [2.45, 2.75) is 64.1 Å². The Hall–Kier alpha value is -1.93. The van der Waals surface area contributed by atoms with Crippen LogP contribution in [0.5, 0.6) is 0 Å². The molecule has 0 bridgehead atoms. The van der Waals surface area contributed by atoms with E-state index < -0.39 is 0 Å². The van der Waals surface area contributed by atoms with Gasteiger partial charge in [0.15, 0.2) is 11.8 Å². The van der Waals surface area contributed by atoms with Crippen LogP contribution < -0.4 is 10.6 Å². The summed E-state index contributed by atoms with van der Waals surface area (Å²) in [6.45, 7) is 5.75. The van der Waals surface area contributed by atoms with Gasteiger partial charge in [-0.2, -0.15) is 0 Å². The molecule has 0 amide bonds. The van der Waals surface area contributed by atoms with Crippen LogP contribution in [-0.4, -0.2) is 51.3 Å². The van der Waals surface area contributed by atoms with Crippen LogP contribution >= 0.6 is 11.3 Å². The lowest BCUT2D eigenvalue weighted by Crippen LogP contribution is -2.45. The Bertz CT molecular complexity index is 786. The van der Waals surface area contributed by atoms with Crippen molar-refractivity contribution < 1.29 is 0 Å². The molecule has 0 spiro atoms. The monoisotopic (exact) mass is 415 g/mol. The van der Waals surface area contributed by atoms with Crippen molar-refractivity contribution in [3.63, 3.8) is 0 Å². The molecular formula is C21H33N7S. The molecule has 4 rings (SSSR count). The number of thiophene rings is 1. The Morgan fingerprint density at radius 3 is 2.69 bits per heavy atom. The predicted molar refractivity (Wildman–Crippen MR) is 118 cm³/mol. The van der Waals surface area contributed by atoms with Crippen LogP contribution in [0.15, 0.2) is 22.5 Å². The number of nitrogens with one attached hydrogen (secondary N) is 2. The molecule has 2 aromatic heterocycles. The second kappa shape index (κ2) is 9.71. The van der Waals surface area contributed by atoms with E-state index in [0.717, 1.165) is 24.2 Å². The van der Waals surface area contributed by atoms with Crippen LogP contribution in [0.3, 0.4) is 0 Å². The molecular weight excluding hydrogens is 382 g/mol. The van der Waals surface area contributed by atoms with E-state index in [9.17, 15) is 0 Å². The number of rotatable bonds is 7. The van der Waals surface area contributed by atoms with E-state index in [1.165, 1.54) is 56.5 Å². The molecule has 2 fully saturated rings. The Morgan fingerprint density at radius 1 is 1.24 bits per heavy atom. The number of likely N-dealkylation sites (tertiary alicyclic amines) is 1. The van der Waals surface area contributed by atoms with E-state index in [1.54, 1.807) is 0 Å². The lowest BCUT2D eigenvalue weighted by atomic mass is 10.2. The maximum atomic E-state index is 4.87. The fraction of sp³-hybridized carbons (Fsp3) is 0.667. The van der Waals surface area contributed by atoms with Crippen molar-refractivity contribution >= 4 is 17.3 Å². The number of guanidine groups is 1. The summed E-state index contributed by atoms with van der Waals surface area (Å²) in [6, 6.07) is 5.35. The highest BCUT2D eigenvalue weighted by molar-refractivity contribution is 7.10. The molecule has 2 aliphatic rings. The van der Waals surface area contributed by atoms with E-state index in [0.29, 0.717) is 18.6 Å². The highest BCUT2D eigenvalue weighted by Crippen LogP contribution is 2.27. The summed E-state index contributed by atoms with van der Waals surface area (Å²) in [5.74, 6) is 2.71. The molecule has 1 atom stereocenters. The van der Waals surface area contributed by atoms with Gasteiger partial charge in [-0.25, -0.2) is 4.99 Å². The average Bonchev–Trinajstić information content (AvgIpc) is 3.52. The van der Waals surface area contributed by atoms with Crippen LogP contribution in [0.4, 0.5) is 0 Å². The minimum atomic E-state index is 0.408. The fourth-order valence-electron chi connectivity index (χ4n) is 4.29. The Kier molecular flexibility index (Phi) is 6.82. The molecule has 1 saturated heterocycles. The van der Waals surface area contributed by atoms with E-state index in [2.05, 4.69) is 43.2 Å². The minimum absolute atomic E-state index is 0.408. The lowest BCUT2D eigenvalue weighted by molar-refractivity contribution is 0.248. The van der Waals surface area contributed by atoms with E-state index in [4.69, 9.17) is 4.99 Å². The van der Waals surface area contributed by atoms with Gasteiger partial charge in [0.2, 0.25) is 0 Å². The van der Waals surface area contributed by atoms with Gasteiger partial charge in [-0.3, -0.25) is 4.90 Å². The van der Waals surface area contributed by atoms with E-state index in [-0.39, 0.29) is 0 Å². The Labute approximate surface area is 177 Å². The number of nitrogens with zero attached hydrogens (tertiary/aromatic N) is 5. The number of aryl methyl sites for hydroxylation is 1. The van der Waals surface area contributed by atoms with Gasteiger partial charge >= 0.3 is 0 Å². The molecule has 29 heavy (non-hydrogen) atoms. The standard InChI is InChI=1S/C21H33N7S/c1-16-25-26-20(27(16)2)15-23-21(24-17-8-3-4-9-17)22-14-18(19-10-7-13-29-19)28-11-5-6-12-28/h7,10,13,17-18H,3-6,8-9,11-12,14-15H2,1-2H3,(H2,22,23,24). The van der Waals surface area contributed by atoms with E-state index in [1.807, 2.05) is 29.9 Å². The first-order valence-electron chi connectivity index (χ1n) is 10.9. The zero-order chi connectivity index (χ0) is 20.1. The number of aliphatic imine (C=N–C) groups is 1. The number of aromatic nitrogens is 3. The van der Waals surface area contributed by atoms with Gasteiger partial charge in [0.25, 0.3) is 0 Å². The largest absolute Gasteiger partial charge is 0.354 e. The molecule has 0 aromatic carbocycles. The summed E-state index contributed by atoms with van der Waals surface area (Å²) in [6.07, 6.45) is 7.66. The highest BCUT2D eigenvalue weighted by atomic mass is 32.1. The van der Waals surface area contributed by atoms with Crippen LogP contribution in [0, 0.1) is 6.92 Å². The van der Waals surface area contributed by atoms with Crippen molar-refractivity contribution in [3.8, 4) is 0 Å². The molecule has 1 saturated carbocycles. The first kappa shape index (κ1) is 20.3. The number of hydrogen-bond donors (Lipinski definition) is 2. The quantitative estimate of drug-likeness (QED) is 0.537. The number of hydrogen-bond acceptors (Lipinski definition) is 5. The summed E-state index contributed by atoms with van der Waals surface area (Å²) in [7, 11) is 2.00. The van der Waals surface area contributed by atoms with Crippen LogP contribution in [0.2, 0.25) is 0 Å². The summed E-state index contributed by atoms with van der Waals surface area (Å²) in [5.41, 5.74) is 0. The SMILES string of the molecule is Cc1nnc(CN=C(NCC(c2cccs2)N2CCCC2)NC2CCCC2)n1C. The average molecular weight is 416 g/mol. The molecule has 3 heterocycles. The van der Waals surface area contributed by atoms with Gasteiger partial charge in [-0.05, 0) is 57.1 Å². The molecule has 2 N–H and O–H groups in total. The summed E-state index contributed by atoms with van der Waals surface area (Å²) < 4.78 is 2.01. The first-order valence-corrected chi connectivity index (χ1v) is 11.8. The zero-order valence-electron chi connectivity index (χ0n) is 17.6. The second-order valence-electron chi connectivity index (χ2n) is 8.17. The fourth-order valence-corrected chi connectivity index (χ4v) is 5.15. The van der Waals surface area contributed by atoms with Crippen LogP contribution in [-0.2, 0) is 13.6 Å². The summed E-state index contributed by atoms with van der Waals surface area (Å²) in [4.78, 5) is 8.91. The molecule has 1 aliphatic heterocycles. The third kappa shape index (κ3) is 5.17. The van der Waals surface area contributed by atoms with Crippen LogP contribution in [0.25, 0.3) is 0 Å². The summed E-state index contributed by atoms with van der Waals surface area (Å²) >= 11 is 1.85. The molecule has 2 aromatic rings. The normalized spacial score (nSPS) is 19.7. The van der Waals surface area contributed by atoms with Gasteiger partial charge in [0, 0.05) is 24.5 Å². The van der Waals surface area contributed by atoms with Gasteiger partial charge in [0.05, 0.1) is 6.04 Å². The third-order valence-electron chi connectivity index (χ3n) is 6.17. The first-order chi connectivity index (χ1) is 14.2. The van der Waals surface area contributed by atoms with E-state index >= 15 is 0 Å². The molecule has 8 heteroatoms. The second-order valence-corrected chi connectivity index (χ2v) is 9.15.